The van der Waals surface area contributed by atoms with Crippen molar-refractivity contribution < 1.29 is 9.53 Å². The van der Waals surface area contributed by atoms with E-state index in [1.807, 2.05) is 49.9 Å². The number of benzene rings is 1. The SMILES string of the molecule is CCOCCC(=O)N(Cc1ccc(N)cc1)C(C)C. The monoisotopic (exact) mass is 264 g/mol. The van der Waals surface area contributed by atoms with Gasteiger partial charge in [-0.2, -0.15) is 0 Å². The Kier molecular flexibility index (Phi) is 6.36. The lowest BCUT2D eigenvalue weighted by atomic mass is 10.1. The predicted molar refractivity (Wildman–Crippen MR) is 77.7 cm³/mol. The summed E-state index contributed by atoms with van der Waals surface area (Å²) in [5, 5.41) is 0. The van der Waals surface area contributed by atoms with E-state index in [0.29, 0.717) is 26.2 Å². The number of anilines is 1. The normalized spacial score (nSPS) is 10.7. The zero-order chi connectivity index (χ0) is 14.3. The average molecular weight is 264 g/mol. The quantitative estimate of drug-likeness (QED) is 0.608. The summed E-state index contributed by atoms with van der Waals surface area (Å²) >= 11 is 0. The highest BCUT2D eigenvalue weighted by Crippen LogP contribution is 2.12. The number of nitrogen functional groups attached to an aromatic ring is 1. The Morgan fingerprint density at radius 2 is 1.95 bits per heavy atom. The van der Waals surface area contributed by atoms with E-state index >= 15 is 0 Å². The summed E-state index contributed by atoms with van der Waals surface area (Å²) in [6.07, 6.45) is 0.432. The number of nitrogens with zero attached hydrogens (tertiary/aromatic N) is 1. The first-order valence-electron chi connectivity index (χ1n) is 6.76. The van der Waals surface area contributed by atoms with Crippen molar-refractivity contribution >= 4 is 11.6 Å². The molecule has 0 fully saturated rings. The van der Waals surface area contributed by atoms with E-state index in [1.54, 1.807) is 0 Å². The molecule has 0 aliphatic heterocycles. The van der Waals surface area contributed by atoms with E-state index in [2.05, 4.69) is 0 Å². The number of nitrogens with two attached hydrogens (primary N) is 1. The van der Waals surface area contributed by atoms with Gasteiger partial charge in [-0.25, -0.2) is 0 Å². The van der Waals surface area contributed by atoms with Gasteiger partial charge in [0.25, 0.3) is 0 Å². The minimum absolute atomic E-state index is 0.125. The Labute approximate surface area is 115 Å². The number of carbonyl (C=O) groups is 1. The van der Waals surface area contributed by atoms with E-state index < -0.39 is 0 Å². The molecule has 4 nitrogen and oxygen atoms in total. The van der Waals surface area contributed by atoms with Crippen molar-refractivity contribution in [3.8, 4) is 0 Å². The maximum absolute atomic E-state index is 12.2. The van der Waals surface area contributed by atoms with E-state index in [-0.39, 0.29) is 11.9 Å². The number of ether oxygens (including phenoxy) is 1. The van der Waals surface area contributed by atoms with Gasteiger partial charge in [0.15, 0.2) is 0 Å². The molecule has 1 aromatic rings. The Morgan fingerprint density at radius 3 is 2.47 bits per heavy atom. The lowest BCUT2D eigenvalue weighted by molar-refractivity contribution is -0.134. The molecule has 0 saturated carbocycles. The molecular formula is C15H24N2O2. The van der Waals surface area contributed by atoms with Crippen LogP contribution in [0.15, 0.2) is 24.3 Å². The number of rotatable bonds is 7. The molecule has 19 heavy (non-hydrogen) atoms. The number of carbonyl (C=O) groups excluding carboxylic acids is 1. The summed E-state index contributed by atoms with van der Waals surface area (Å²) in [5.41, 5.74) is 7.49. The lowest BCUT2D eigenvalue weighted by Crippen LogP contribution is -2.36. The van der Waals surface area contributed by atoms with Crippen molar-refractivity contribution in [2.45, 2.75) is 39.8 Å². The van der Waals surface area contributed by atoms with Crippen LogP contribution in [0.4, 0.5) is 5.69 Å². The van der Waals surface area contributed by atoms with Gasteiger partial charge in [-0.05, 0) is 38.5 Å². The highest BCUT2D eigenvalue weighted by molar-refractivity contribution is 5.76. The standard InChI is InChI=1S/C15H24N2O2/c1-4-19-10-9-15(18)17(12(2)3)11-13-5-7-14(16)8-6-13/h5-8,12H,4,9-11,16H2,1-3H3. The molecule has 2 N–H and O–H groups in total. The smallest absolute Gasteiger partial charge is 0.225 e. The van der Waals surface area contributed by atoms with E-state index in [1.165, 1.54) is 0 Å². The first-order valence-corrected chi connectivity index (χ1v) is 6.76. The molecule has 106 valence electrons. The number of hydrogen-bond acceptors (Lipinski definition) is 3. The summed E-state index contributed by atoms with van der Waals surface area (Å²) in [7, 11) is 0. The fourth-order valence-corrected chi connectivity index (χ4v) is 1.83. The van der Waals surface area contributed by atoms with Crippen LogP contribution in [0, 0.1) is 0 Å². The molecule has 0 radical (unpaired) electrons. The molecule has 0 aromatic heterocycles. The summed E-state index contributed by atoms with van der Waals surface area (Å²) in [6.45, 7) is 7.72. The lowest BCUT2D eigenvalue weighted by Gasteiger charge is -2.27. The average Bonchev–Trinajstić information content (AvgIpc) is 2.37. The molecular weight excluding hydrogens is 240 g/mol. The van der Waals surface area contributed by atoms with Gasteiger partial charge in [-0.15, -0.1) is 0 Å². The predicted octanol–water partition coefficient (Wildman–Crippen LogP) is 2.43. The van der Waals surface area contributed by atoms with Crippen LogP contribution in [-0.4, -0.2) is 30.1 Å². The molecule has 0 aliphatic rings. The van der Waals surface area contributed by atoms with Crippen LogP contribution in [0.3, 0.4) is 0 Å². The zero-order valence-electron chi connectivity index (χ0n) is 12.1. The minimum Gasteiger partial charge on any atom is -0.399 e. The van der Waals surface area contributed by atoms with Crippen LogP contribution in [-0.2, 0) is 16.1 Å². The summed E-state index contributed by atoms with van der Waals surface area (Å²) in [4.78, 5) is 14.0. The second-order valence-corrected chi connectivity index (χ2v) is 4.80. The van der Waals surface area contributed by atoms with Crippen molar-refractivity contribution in [2.75, 3.05) is 18.9 Å². The molecule has 0 heterocycles. The first-order chi connectivity index (χ1) is 9.04. The Balaban J connectivity index is 2.62. The van der Waals surface area contributed by atoms with Crippen LogP contribution in [0.25, 0.3) is 0 Å². The topological polar surface area (TPSA) is 55.6 Å². The van der Waals surface area contributed by atoms with Crippen molar-refractivity contribution in [3.63, 3.8) is 0 Å². The molecule has 1 rings (SSSR count). The molecule has 4 heteroatoms. The Bertz CT molecular complexity index is 388. The van der Waals surface area contributed by atoms with Crippen molar-refractivity contribution in [1.29, 1.82) is 0 Å². The molecule has 0 unspecified atom stereocenters. The van der Waals surface area contributed by atoms with Crippen LogP contribution in [0.5, 0.6) is 0 Å². The van der Waals surface area contributed by atoms with Gasteiger partial charge < -0.3 is 15.4 Å². The summed E-state index contributed by atoms with van der Waals surface area (Å²) in [5.74, 6) is 0.125. The third-order valence-corrected chi connectivity index (χ3v) is 2.94. The van der Waals surface area contributed by atoms with E-state index in [4.69, 9.17) is 10.5 Å². The summed E-state index contributed by atoms with van der Waals surface area (Å²) < 4.78 is 5.24. The summed E-state index contributed by atoms with van der Waals surface area (Å²) in [6, 6.07) is 7.81. The Morgan fingerprint density at radius 1 is 1.32 bits per heavy atom. The van der Waals surface area contributed by atoms with E-state index in [0.717, 1.165) is 11.3 Å². The number of amides is 1. The van der Waals surface area contributed by atoms with Crippen LogP contribution < -0.4 is 5.73 Å². The number of hydrogen-bond donors (Lipinski definition) is 1. The fraction of sp³-hybridized carbons (Fsp3) is 0.533. The van der Waals surface area contributed by atoms with Crippen LogP contribution >= 0.6 is 0 Å². The largest absolute Gasteiger partial charge is 0.399 e. The second-order valence-electron chi connectivity index (χ2n) is 4.80. The maximum Gasteiger partial charge on any atom is 0.225 e. The highest BCUT2D eigenvalue weighted by atomic mass is 16.5. The van der Waals surface area contributed by atoms with Gasteiger partial charge in [0, 0.05) is 24.9 Å². The Hall–Kier alpha value is -1.55. The second kappa shape index (κ2) is 7.79. The molecule has 0 atom stereocenters. The van der Waals surface area contributed by atoms with E-state index in [9.17, 15) is 4.79 Å². The van der Waals surface area contributed by atoms with Gasteiger partial charge in [-0.3, -0.25) is 4.79 Å². The van der Waals surface area contributed by atoms with Crippen LogP contribution in [0.1, 0.15) is 32.8 Å². The van der Waals surface area contributed by atoms with Crippen molar-refractivity contribution in [3.05, 3.63) is 29.8 Å². The van der Waals surface area contributed by atoms with Crippen LogP contribution in [0.2, 0.25) is 0 Å². The molecule has 0 saturated heterocycles. The molecule has 0 spiro atoms. The fourth-order valence-electron chi connectivity index (χ4n) is 1.83. The van der Waals surface area contributed by atoms with Crippen molar-refractivity contribution in [1.82, 2.24) is 4.90 Å². The van der Waals surface area contributed by atoms with Crippen molar-refractivity contribution in [2.24, 2.45) is 0 Å². The zero-order valence-corrected chi connectivity index (χ0v) is 12.1. The van der Waals surface area contributed by atoms with Gasteiger partial charge in [0.2, 0.25) is 5.91 Å². The first kappa shape index (κ1) is 15.5. The molecule has 0 bridgehead atoms. The van der Waals surface area contributed by atoms with Gasteiger partial charge in [0.05, 0.1) is 13.0 Å². The molecule has 1 amide bonds. The minimum atomic E-state index is 0.125. The van der Waals surface area contributed by atoms with Gasteiger partial charge in [-0.1, -0.05) is 12.1 Å². The maximum atomic E-state index is 12.2. The van der Waals surface area contributed by atoms with Gasteiger partial charge >= 0.3 is 0 Å². The third-order valence-electron chi connectivity index (χ3n) is 2.94. The third kappa shape index (κ3) is 5.30. The highest BCUT2D eigenvalue weighted by Gasteiger charge is 2.16. The molecule has 1 aromatic carbocycles. The van der Waals surface area contributed by atoms with Gasteiger partial charge in [0.1, 0.15) is 0 Å². The molecule has 0 aliphatic carbocycles.